The number of nitrogens with zero attached hydrogens (tertiary/aromatic N) is 2. The van der Waals surface area contributed by atoms with Crippen LogP contribution in [-0.4, -0.2) is 17.1 Å². The molecule has 4 nitrogen and oxygen atoms in total. The van der Waals surface area contributed by atoms with E-state index in [4.69, 9.17) is 0 Å². The Balaban J connectivity index is 1.95. The summed E-state index contributed by atoms with van der Waals surface area (Å²) in [5.74, 6) is -0.200. The van der Waals surface area contributed by atoms with E-state index < -0.39 is 0 Å². The number of amides is 1. The number of carbonyl (C=O) groups excluding carboxylic acids is 1. The van der Waals surface area contributed by atoms with Crippen LogP contribution in [0.5, 0.6) is 0 Å². The largest absolute Gasteiger partial charge is 0.272 e. The molecule has 2 rings (SSSR count). The standard InChI is InChI=1S/C12H11N3OS/c1-9-5-11(8-17-9)12(16)15-14-7-10-3-2-4-13-6-10/h2-8H,1H3,(H,15,16)/b14-7-. The van der Waals surface area contributed by atoms with Gasteiger partial charge in [0.15, 0.2) is 0 Å². The molecular weight excluding hydrogens is 234 g/mol. The van der Waals surface area contributed by atoms with Gasteiger partial charge in [0.05, 0.1) is 11.8 Å². The van der Waals surface area contributed by atoms with Crippen molar-refractivity contribution in [1.29, 1.82) is 0 Å². The number of carbonyl (C=O) groups is 1. The highest BCUT2D eigenvalue weighted by atomic mass is 32.1. The fraction of sp³-hybridized carbons (Fsp3) is 0.0833. The average Bonchev–Trinajstić information content (AvgIpc) is 2.77. The lowest BCUT2D eigenvalue weighted by Crippen LogP contribution is -2.16. The summed E-state index contributed by atoms with van der Waals surface area (Å²) in [7, 11) is 0. The van der Waals surface area contributed by atoms with Gasteiger partial charge in [-0.05, 0) is 19.1 Å². The van der Waals surface area contributed by atoms with Gasteiger partial charge in [-0.2, -0.15) is 5.10 Å². The summed E-state index contributed by atoms with van der Waals surface area (Å²) in [6.07, 6.45) is 4.92. The van der Waals surface area contributed by atoms with Crippen molar-refractivity contribution in [3.63, 3.8) is 0 Å². The third-order valence-corrected chi connectivity index (χ3v) is 2.92. The molecule has 0 spiro atoms. The molecule has 0 radical (unpaired) electrons. The van der Waals surface area contributed by atoms with Crippen LogP contribution in [-0.2, 0) is 0 Å². The summed E-state index contributed by atoms with van der Waals surface area (Å²) in [6, 6.07) is 5.50. The lowest BCUT2D eigenvalue weighted by Gasteiger charge is -1.95. The molecule has 2 heterocycles. The van der Waals surface area contributed by atoms with Gasteiger partial charge in [-0.15, -0.1) is 11.3 Å². The Kier molecular flexibility index (Phi) is 3.62. The number of hydrogen-bond acceptors (Lipinski definition) is 4. The maximum atomic E-state index is 11.6. The van der Waals surface area contributed by atoms with E-state index in [0.717, 1.165) is 10.4 Å². The Morgan fingerprint density at radius 3 is 3.12 bits per heavy atom. The van der Waals surface area contributed by atoms with Crippen LogP contribution >= 0.6 is 11.3 Å². The molecule has 0 saturated heterocycles. The van der Waals surface area contributed by atoms with Gasteiger partial charge >= 0.3 is 0 Å². The van der Waals surface area contributed by atoms with Gasteiger partial charge in [-0.3, -0.25) is 9.78 Å². The Labute approximate surface area is 103 Å². The molecule has 2 aromatic heterocycles. The first-order chi connectivity index (χ1) is 8.25. The normalized spacial score (nSPS) is 10.6. The summed E-state index contributed by atoms with van der Waals surface area (Å²) in [6.45, 7) is 1.96. The fourth-order valence-corrected chi connectivity index (χ4v) is 1.93. The van der Waals surface area contributed by atoms with E-state index in [9.17, 15) is 4.79 Å². The molecule has 0 aliphatic heterocycles. The average molecular weight is 245 g/mol. The predicted molar refractivity (Wildman–Crippen MR) is 68.4 cm³/mol. The minimum atomic E-state index is -0.200. The van der Waals surface area contributed by atoms with Crippen molar-refractivity contribution in [3.05, 3.63) is 52.0 Å². The first kappa shape index (κ1) is 11.5. The molecule has 17 heavy (non-hydrogen) atoms. The SMILES string of the molecule is Cc1cc(C(=O)N/N=C\c2cccnc2)cs1. The minimum absolute atomic E-state index is 0.200. The number of aromatic nitrogens is 1. The number of rotatable bonds is 3. The zero-order chi connectivity index (χ0) is 12.1. The van der Waals surface area contributed by atoms with Gasteiger partial charge in [-0.1, -0.05) is 6.07 Å². The summed E-state index contributed by atoms with van der Waals surface area (Å²) in [5, 5.41) is 5.68. The molecule has 1 N–H and O–H groups in total. The number of aryl methyl sites for hydroxylation is 1. The number of hydrazone groups is 1. The number of hydrogen-bond donors (Lipinski definition) is 1. The molecule has 0 aliphatic carbocycles. The minimum Gasteiger partial charge on any atom is -0.267 e. The van der Waals surface area contributed by atoms with E-state index in [1.165, 1.54) is 11.3 Å². The van der Waals surface area contributed by atoms with Crippen LogP contribution in [0.2, 0.25) is 0 Å². The second-order valence-electron chi connectivity index (χ2n) is 3.43. The third kappa shape index (κ3) is 3.22. The second kappa shape index (κ2) is 5.36. The first-order valence-electron chi connectivity index (χ1n) is 5.04. The van der Waals surface area contributed by atoms with Gasteiger partial charge in [-0.25, -0.2) is 5.43 Å². The summed E-state index contributed by atoms with van der Waals surface area (Å²) in [4.78, 5) is 16.7. The van der Waals surface area contributed by atoms with E-state index in [1.54, 1.807) is 18.6 Å². The number of thiophene rings is 1. The van der Waals surface area contributed by atoms with Crippen LogP contribution < -0.4 is 5.43 Å². The van der Waals surface area contributed by atoms with Crippen LogP contribution in [0.15, 0.2) is 41.1 Å². The Morgan fingerprint density at radius 1 is 1.59 bits per heavy atom. The maximum absolute atomic E-state index is 11.6. The van der Waals surface area contributed by atoms with Crippen LogP contribution in [0.25, 0.3) is 0 Å². The third-order valence-electron chi connectivity index (χ3n) is 2.06. The predicted octanol–water partition coefficient (Wildman–Crippen LogP) is 2.22. The molecule has 0 atom stereocenters. The zero-order valence-electron chi connectivity index (χ0n) is 9.25. The maximum Gasteiger partial charge on any atom is 0.272 e. The van der Waals surface area contributed by atoms with Gasteiger partial charge < -0.3 is 0 Å². The van der Waals surface area contributed by atoms with Crippen LogP contribution in [0.3, 0.4) is 0 Å². The molecule has 86 valence electrons. The zero-order valence-corrected chi connectivity index (χ0v) is 10.1. The highest BCUT2D eigenvalue weighted by Gasteiger charge is 2.05. The molecule has 1 amide bonds. The molecule has 5 heteroatoms. The lowest BCUT2D eigenvalue weighted by atomic mass is 10.3. The molecule has 0 aliphatic rings. The molecule has 0 saturated carbocycles. The monoisotopic (exact) mass is 245 g/mol. The molecule has 0 bridgehead atoms. The van der Waals surface area contributed by atoms with Gasteiger partial charge in [0.1, 0.15) is 0 Å². The first-order valence-corrected chi connectivity index (χ1v) is 5.92. The van der Waals surface area contributed by atoms with Gasteiger partial charge in [0, 0.05) is 28.2 Å². The highest BCUT2D eigenvalue weighted by molar-refractivity contribution is 7.10. The van der Waals surface area contributed by atoms with Crippen molar-refractivity contribution in [1.82, 2.24) is 10.4 Å². The summed E-state index contributed by atoms with van der Waals surface area (Å²) < 4.78 is 0. The molecule has 0 unspecified atom stereocenters. The molecule has 0 aromatic carbocycles. The summed E-state index contributed by atoms with van der Waals surface area (Å²) in [5.41, 5.74) is 3.95. The topological polar surface area (TPSA) is 54.4 Å². The van der Waals surface area contributed by atoms with Crippen molar-refractivity contribution in [2.75, 3.05) is 0 Å². The molecular formula is C12H11N3OS. The van der Waals surface area contributed by atoms with Crippen molar-refractivity contribution in [2.45, 2.75) is 6.92 Å². The van der Waals surface area contributed by atoms with E-state index >= 15 is 0 Å². The summed E-state index contributed by atoms with van der Waals surface area (Å²) >= 11 is 1.54. The molecule has 2 aromatic rings. The van der Waals surface area contributed by atoms with E-state index in [2.05, 4.69) is 15.5 Å². The number of nitrogens with one attached hydrogen (secondary N) is 1. The second-order valence-corrected chi connectivity index (χ2v) is 4.55. The van der Waals surface area contributed by atoms with Crippen molar-refractivity contribution < 1.29 is 4.79 Å². The van der Waals surface area contributed by atoms with Crippen molar-refractivity contribution in [3.8, 4) is 0 Å². The Hall–Kier alpha value is -2.01. The van der Waals surface area contributed by atoms with Gasteiger partial charge in [0.25, 0.3) is 5.91 Å². The highest BCUT2D eigenvalue weighted by Crippen LogP contribution is 2.12. The molecule has 0 fully saturated rings. The van der Waals surface area contributed by atoms with Crippen LogP contribution in [0.4, 0.5) is 0 Å². The van der Waals surface area contributed by atoms with Gasteiger partial charge in [0.2, 0.25) is 0 Å². The van der Waals surface area contributed by atoms with Crippen LogP contribution in [0, 0.1) is 6.92 Å². The van der Waals surface area contributed by atoms with Crippen molar-refractivity contribution in [2.24, 2.45) is 5.10 Å². The van der Waals surface area contributed by atoms with E-state index in [1.807, 2.05) is 30.5 Å². The van der Waals surface area contributed by atoms with Crippen molar-refractivity contribution >= 4 is 23.5 Å². The quantitative estimate of drug-likeness (QED) is 0.666. The van der Waals surface area contributed by atoms with Crippen LogP contribution in [0.1, 0.15) is 20.8 Å². The Bertz CT molecular complexity index is 534. The van der Waals surface area contributed by atoms with E-state index in [-0.39, 0.29) is 5.91 Å². The van der Waals surface area contributed by atoms with E-state index in [0.29, 0.717) is 5.56 Å². The lowest BCUT2D eigenvalue weighted by molar-refractivity contribution is 0.0955. The number of pyridine rings is 1. The fourth-order valence-electron chi connectivity index (χ4n) is 1.24. The smallest absolute Gasteiger partial charge is 0.267 e. The Morgan fingerprint density at radius 2 is 2.47 bits per heavy atom.